The van der Waals surface area contributed by atoms with Crippen molar-refractivity contribution in [1.82, 2.24) is 0 Å². The summed E-state index contributed by atoms with van der Waals surface area (Å²) in [5.41, 5.74) is 2.11. The molecule has 2 aromatic heterocycles. The SMILES string of the molecule is COc1ccc(-c2c3c4ccccc4sc3c3ccc(OC)cc3[n+]2[O-])cc1. The molecule has 0 bridgehead atoms. The standard InChI is InChI=1S/C23H17NO3S/c1-26-15-9-7-14(8-10-15)22-21-18-5-3-4-6-20(18)28-23(21)17-12-11-16(27-2)13-19(17)24(22)25/h3-13H,1-2H3. The van der Waals surface area contributed by atoms with Crippen molar-refractivity contribution in [3.05, 3.63) is 71.9 Å². The van der Waals surface area contributed by atoms with Crippen molar-refractivity contribution in [1.29, 1.82) is 0 Å². The molecular formula is C23H17NO3S. The minimum atomic E-state index is 0.601. The van der Waals surface area contributed by atoms with Crippen molar-refractivity contribution in [2.45, 2.75) is 0 Å². The molecule has 0 spiro atoms. The van der Waals surface area contributed by atoms with E-state index in [0.717, 1.165) is 41.6 Å². The summed E-state index contributed by atoms with van der Waals surface area (Å²) in [6, 6.07) is 21.5. The van der Waals surface area contributed by atoms with Crippen molar-refractivity contribution >= 4 is 42.4 Å². The molecule has 5 aromatic rings. The van der Waals surface area contributed by atoms with Gasteiger partial charge in [0.2, 0.25) is 11.2 Å². The summed E-state index contributed by atoms with van der Waals surface area (Å²) in [5.74, 6) is 1.42. The largest absolute Gasteiger partial charge is 0.618 e. The molecule has 28 heavy (non-hydrogen) atoms. The Balaban J connectivity index is 1.98. The van der Waals surface area contributed by atoms with Gasteiger partial charge in [-0.3, -0.25) is 0 Å². The Morgan fingerprint density at radius 2 is 1.54 bits per heavy atom. The first kappa shape index (κ1) is 16.8. The average molecular weight is 387 g/mol. The maximum Gasteiger partial charge on any atom is 0.233 e. The number of aromatic nitrogens is 1. The van der Waals surface area contributed by atoms with Crippen LogP contribution in [-0.4, -0.2) is 14.2 Å². The lowest BCUT2D eigenvalue weighted by molar-refractivity contribution is -0.563. The fraction of sp³-hybridized carbons (Fsp3) is 0.0870. The van der Waals surface area contributed by atoms with E-state index in [1.165, 1.54) is 0 Å². The highest BCUT2D eigenvalue weighted by Crippen LogP contribution is 2.42. The van der Waals surface area contributed by atoms with Gasteiger partial charge in [0.25, 0.3) is 0 Å². The highest BCUT2D eigenvalue weighted by atomic mass is 32.1. The Labute approximate surface area is 165 Å². The summed E-state index contributed by atoms with van der Waals surface area (Å²) in [6.07, 6.45) is 0. The van der Waals surface area contributed by atoms with E-state index in [1.54, 1.807) is 31.6 Å². The molecule has 0 saturated carbocycles. The number of methoxy groups -OCH3 is 2. The third-order valence-corrected chi connectivity index (χ3v) is 6.27. The van der Waals surface area contributed by atoms with Crippen LogP contribution in [0.5, 0.6) is 11.5 Å². The second-order valence-corrected chi connectivity index (χ2v) is 7.61. The molecule has 0 aliphatic heterocycles. The second-order valence-electron chi connectivity index (χ2n) is 6.56. The summed E-state index contributed by atoms with van der Waals surface area (Å²) in [5, 5.41) is 16.6. The van der Waals surface area contributed by atoms with Crippen LogP contribution in [0.15, 0.2) is 66.7 Å². The van der Waals surface area contributed by atoms with E-state index in [-0.39, 0.29) is 0 Å². The molecule has 2 heterocycles. The molecule has 5 rings (SSSR count). The topological polar surface area (TPSA) is 45.4 Å². The Hall–Kier alpha value is -3.31. The molecule has 0 aliphatic rings. The van der Waals surface area contributed by atoms with Crippen LogP contribution < -0.4 is 14.2 Å². The van der Waals surface area contributed by atoms with Gasteiger partial charge in [0.05, 0.1) is 35.8 Å². The van der Waals surface area contributed by atoms with Gasteiger partial charge < -0.3 is 14.7 Å². The maximum absolute atomic E-state index is 13.5. The zero-order valence-corrected chi connectivity index (χ0v) is 16.2. The van der Waals surface area contributed by atoms with Gasteiger partial charge in [0.15, 0.2) is 0 Å². The highest BCUT2D eigenvalue weighted by molar-refractivity contribution is 7.26. The van der Waals surface area contributed by atoms with Gasteiger partial charge in [0, 0.05) is 15.6 Å². The van der Waals surface area contributed by atoms with Gasteiger partial charge in [-0.2, -0.15) is 4.73 Å². The quantitative estimate of drug-likeness (QED) is 0.302. The first-order valence-corrected chi connectivity index (χ1v) is 9.72. The third kappa shape index (κ3) is 2.40. The predicted octanol–water partition coefficient (Wildman–Crippen LogP) is 5.53. The monoisotopic (exact) mass is 387 g/mol. The lowest BCUT2D eigenvalue weighted by Crippen LogP contribution is -2.30. The Morgan fingerprint density at radius 1 is 0.821 bits per heavy atom. The van der Waals surface area contributed by atoms with Crippen molar-refractivity contribution in [3.8, 4) is 22.8 Å². The highest BCUT2D eigenvalue weighted by Gasteiger charge is 2.24. The zero-order valence-electron chi connectivity index (χ0n) is 15.4. The number of fused-ring (bicyclic) bond motifs is 5. The smallest absolute Gasteiger partial charge is 0.233 e. The molecule has 0 atom stereocenters. The van der Waals surface area contributed by atoms with Crippen LogP contribution in [0.25, 0.3) is 42.3 Å². The third-order valence-electron chi connectivity index (χ3n) is 5.07. The first-order valence-electron chi connectivity index (χ1n) is 8.90. The summed E-state index contributed by atoms with van der Waals surface area (Å²) >= 11 is 1.71. The fourth-order valence-corrected chi connectivity index (χ4v) is 4.94. The normalized spacial score (nSPS) is 11.4. The number of thiophene rings is 1. The number of pyridine rings is 1. The molecule has 0 amide bonds. The second kappa shape index (κ2) is 6.39. The van der Waals surface area contributed by atoms with E-state index in [4.69, 9.17) is 9.47 Å². The molecular weight excluding hydrogens is 370 g/mol. The summed E-state index contributed by atoms with van der Waals surface area (Å²) < 4.78 is 13.9. The van der Waals surface area contributed by atoms with Gasteiger partial charge in [0.1, 0.15) is 11.5 Å². The Kier molecular flexibility index (Phi) is 3.84. The van der Waals surface area contributed by atoms with E-state index >= 15 is 0 Å². The van der Waals surface area contributed by atoms with Gasteiger partial charge in [-0.1, -0.05) is 18.2 Å². The number of rotatable bonds is 3. The van der Waals surface area contributed by atoms with Gasteiger partial charge >= 0.3 is 0 Å². The van der Waals surface area contributed by atoms with Crippen molar-refractivity contribution in [2.75, 3.05) is 14.2 Å². The zero-order chi connectivity index (χ0) is 19.3. The molecule has 0 radical (unpaired) electrons. The molecule has 0 saturated heterocycles. The molecule has 5 heteroatoms. The minimum absolute atomic E-state index is 0.601. The van der Waals surface area contributed by atoms with Crippen LogP contribution in [0, 0.1) is 5.21 Å². The van der Waals surface area contributed by atoms with Crippen LogP contribution in [0.1, 0.15) is 0 Å². The van der Waals surface area contributed by atoms with E-state index in [1.807, 2.05) is 48.5 Å². The molecule has 4 nitrogen and oxygen atoms in total. The lowest BCUT2D eigenvalue weighted by Gasteiger charge is -2.12. The lowest BCUT2D eigenvalue weighted by atomic mass is 10.0. The molecule has 3 aromatic carbocycles. The van der Waals surface area contributed by atoms with Crippen molar-refractivity contribution in [2.24, 2.45) is 0 Å². The number of ether oxygens (including phenoxy) is 2. The van der Waals surface area contributed by atoms with Crippen LogP contribution in [0.3, 0.4) is 0 Å². The molecule has 138 valence electrons. The molecule has 0 unspecified atom stereocenters. The number of benzene rings is 3. The predicted molar refractivity (Wildman–Crippen MR) is 114 cm³/mol. The van der Waals surface area contributed by atoms with Crippen molar-refractivity contribution < 1.29 is 14.2 Å². The summed E-state index contributed by atoms with van der Waals surface area (Å²) in [6.45, 7) is 0. The summed E-state index contributed by atoms with van der Waals surface area (Å²) in [4.78, 5) is 0. The first-order chi connectivity index (χ1) is 13.7. The number of hydrogen-bond acceptors (Lipinski definition) is 4. The molecule has 0 aliphatic carbocycles. The van der Waals surface area contributed by atoms with Gasteiger partial charge in [-0.15, -0.1) is 11.3 Å². The minimum Gasteiger partial charge on any atom is -0.618 e. The van der Waals surface area contributed by atoms with Crippen LogP contribution in [0.4, 0.5) is 0 Å². The van der Waals surface area contributed by atoms with E-state index in [0.29, 0.717) is 17.0 Å². The van der Waals surface area contributed by atoms with Crippen LogP contribution in [0.2, 0.25) is 0 Å². The fourth-order valence-electron chi connectivity index (χ4n) is 3.70. The molecule has 0 fully saturated rings. The Bertz CT molecular complexity index is 1340. The van der Waals surface area contributed by atoms with E-state index in [2.05, 4.69) is 12.1 Å². The number of nitrogens with zero attached hydrogens (tertiary/aromatic N) is 1. The van der Waals surface area contributed by atoms with Gasteiger partial charge in [-0.25, -0.2) is 0 Å². The van der Waals surface area contributed by atoms with E-state index < -0.39 is 0 Å². The Morgan fingerprint density at radius 3 is 2.29 bits per heavy atom. The summed E-state index contributed by atoms with van der Waals surface area (Å²) in [7, 11) is 3.24. The van der Waals surface area contributed by atoms with Crippen LogP contribution >= 0.6 is 11.3 Å². The maximum atomic E-state index is 13.5. The van der Waals surface area contributed by atoms with Crippen LogP contribution in [-0.2, 0) is 0 Å². The van der Waals surface area contributed by atoms with E-state index in [9.17, 15) is 5.21 Å². The molecule has 0 N–H and O–H groups in total. The van der Waals surface area contributed by atoms with Crippen molar-refractivity contribution in [3.63, 3.8) is 0 Å². The average Bonchev–Trinajstić information content (AvgIpc) is 3.13. The van der Waals surface area contributed by atoms with Gasteiger partial charge in [-0.05, 0) is 42.5 Å². The number of hydrogen-bond donors (Lipinski definition) is 0.